The fourth-order valence-electron chi connectivity index (χ4n) is 3.19. The van der Waals surface area contributed by atoms with Gasteiger partial charge in [-0.15, -0.1) is 0 Å². The largest absolute Gasteiger partial charge is 0.444 e. The molecule has 0 radical (unpaired) electrons. The number of likely N-dealkylation sites (tertiary alicyclic amines) is 1. The fraction of sp³-hybridized carbons (Fsp3) is 0.850. The van der Waals surface area contributed by atoms with E-state index >= 15 is 0 Å². The smallest absolute Gasteiger partial charge is 0.410 e. The Morgan fingerprint density at radius 1 is 1.33 bits per heavy atom. The predicted octanol–water partition coefficient (Wildman–Crippen LogP) is 3.74. The van der Waals surface area contributed by atoms with E-state index in [-0.39, 0.29) is 6.09 Å². The molecule has 0 aliphatic carbocycles. The maximum Gasteiger partial charge on any atom is 0.410 e. The molecule has 0 atom stereocenters. The number of carbonyl (C=O) groups is 1. The summed E-state index contributed by atoms with van der Waals surface area (Å²) >= 11 is 0. The van der Waals surface area contributed by atoms with Crippen molar-refractivity contribution in [2.45, 2.75) is 72.4 Å². The van der Waals surface area contributed by atoms with Gasteiger partial charge in [0.25, 0.3) is 0 Å². The Labute approximate surface area is 163 Å². The molecule has 2 heterocycles. The summed E-state index contributed by atoms with van der Waals surface area (Å²) in [6.07, 6.45) is 3.82. The van der Waals surface area contributed by atoms with Crippen molar-refractivity contribution in [3.05, 3.63) is 11.7 Å². The van der Waals surface area contributed by atoms with Gasteiger partial charge in [0, 0.05) is 20.0 Å². The molecule has 1 amide bonds. The minimum Gasteiger partial charge on any atom is -0.444 e. The minimum absolute atomic E-state index is 0.246. The second-order valence-electron chi connectivity index (χ2n) is 9.12. The standard InChI is InChI=1S/C20H36N4O3/c1-15(2)7-8-17-21-18(27-22-17)14-24-11-9-16(10-12-24)13-23(6)19(25)26-20(3,4)5/h15-16H,7-14H2,1-6H3. The summed E-state index contributed by atoms with van der Waals surface area (Å²) in [6, 6.07) is 0. The number of piperidine rings is 1. The van der Waals surface area contributed by atoms with Crippen LogP contribution in [0, 0.1) is 11.8 Å². The molecule has 1 aliphatic rings. The third-order valence-corrected chi connectivity index (χ3v) is 4.76. The van der Waals surface area contributed by atoms with Crippen molar-refractivity contribution in [3.8, 4) is 0 Å². The number of aromatic nitrogens is 2. The molecule has 1 fully saturated rings. The molecule has 2 rings (SSSR count). The van der Waals surface area contributed by atoms with Crippen LogP contribution in [0.2, 0.25) is 0 Å². The van der Waals surface area contributed by atoms with E-state index in [0.29, 0.717) is 24.3 Å². The summed E-state index contributed by atoms with van der Waals surface area (Å²) in [5.74, 6) is 2.67. The predicted molar refractivity (Wildman–Crippen MR) is 104 cm³/mol. The quantitative estimate of drug-likeness (QED) is 0.718. The van der Waals surface area contributed by atoms with Crippen LogP contribution in [0.4, 0.5) is 4.79 Å². The lowest BCUT2D eigenvalue weighted by atomic mass is 9.96. The molecular formula is C20H36N4O3. The van der Waals surface area contributed by atoms with E-state index in [4.69, 9.17) is 9.26 Å². The molecule has 0 spiro atoms. The SMILES string of the molecule is CC(C)CCc1noc(CN2CCC(CN(C)C(=O)OC(C)(C)C)CC2)n1. The summed E-state index contributed by atoms with van der Waals surface area (Å²) in [7, 11) is 1.82. The molecule has 1 aromatic heterocycles. The van der Waals surface area contributed by atoms with Crippen LogP contribution in [-0.4, -0.2) is 58.3 Å². The van der Waals surface area contributed by atoms with Crippen LogP contribution in [0.3, 0.4) is 0 Å². The monoisotopic (exact) mass is 380 g/mol. The van der Waals surface area contributed by atoms with Crippen LogP contribution in [0.15, 0.2) is 4.52 Å². The number of nitrogens with zero attached hydrogens (tertiary/aromatic N) is 4. The maximum absolute atomic E-state index is 12.1. The first-order chi connectivity index (χ1) is 12.6. The van der Waals surface area contributed by atoms with Crippen molar-refractivity contribution in [1.29, 1.82) is 0 Å². The Morgan fingerprint density at radius 2 is 2.00 bits per heavy atom. The van der Waals surface area contributed by atoms with Crippen molar-refractivity contribution < 1.29 is 14.1 Å². The number of rotatable bonds is 7. The molecule has 0 saturated carbocycles. The molecular weight excluding hydrogens is 344 g/mol. The molecule has 1 aliphatic heterocycles. The normalized spacial score (nSPS) is 16.7. The van der Waals surface area contributed by atoms with Gasteiger partial charge in [-0.3, -0.25) is 4.90 Å². The van der Waals surface area contributed by atoms with Gasteiger partial charge in [0.2, 0.25) is 5.89 Å². The van der Waals surface area contributed by atoms with Crippen molar-refractivity contribution in [2.24, 2.45) is 11.8 Å². The average Bonchev–Trinajstić information content (AvgIpc) is 3.00. The van der Waals surface area contributed by atoms with Crippen molar-refractivity contribution >= 4 is 6.09 Å². The number of aryl methyl sites for hydroxylation is 1. The number of hydrogen-bond acceptors (Lipinski definition) is 6. The second kappa shape index (κ2) is 9.53. The zero-order valence-corrected chi connectivity index (χ0v) is 17.8. The van der Waals surface area contributed by atoms with Gasteiger partial charge in [-0.05, 0) is 65.0 Å². The topological polar surface area (TPSA) is 71.7 Å². The number of hydrogen-bond donors (Lipinski definition) is 0. The third kappa shape index (κ3) is 7.87. The Kier molecular flexibility index (Phi) is 7.65. The molecule has 1 aromatic rings. The molecule has 0 N–H and O–H groups in total. The van der Waals surface area contributed by atoms with Crippen LogP contribution in [0.1, 0.15) is 65.6 Å². The summed E-state index contributed by atoms with van der Waals surface area (Å²) in [5.41, 5.74) is -0.452. The van der Waals surface area contributed by atoms with Gasteiger partial charge >= 0.3 is 6.09 Å². The molecule has 27 heavy (non-hydrogen) atoms. The third-order valence-electron chi connectivity index (χ3n) is 4.76. The summed E-state index contributed by atoms with van der Waals surface area (Å²) in [4.78, 5) is 20.7. The Morgan fingerprint density at radius 3 is 2.59 bits per heavy atom. The van der Waals surface area contributed by atoms with Gasteiger partial charge in [0.1, 0.15) is 5.60 Å². The van der Waals surface area contributed by atoms with Gasteiger partial charge in [-0.1, -0.05) is 19.0 Å². The van der Waals surface area contributed by atoms with Crippen molar-refractivity contribution in [2.75, 3.05) is 26.7 Å². The molecule has 1 saturated heterocycles. The molecule has 7 nitrogen and oxygen atoms in total. The zero-order chi connectivity index (χ0) is 20.0. The van der Waals surface area contributed by atoms with Gasteiger partial charge < -0.3 is 14.2 Å². The van der Waals surface area contributed by atoms with E-state index in [1.165, 1.54) is 0 Å². The molecule has 0 aromatic carbocycles. The van der Waals surface area contributed by atoms with E-state index in [2.05, 4.69) is 28.9 Å². The zero-order valence-electron chi connectivity index (χ0n) is 17.8. The van der Waals surface area contributed by atoms with E-state index in [0.717, 1.165) is 51.1 Å². The lowest BCUT2D eigenvalue weighted by Crippen LogP contribution is -2.41. The number of ether oxygens (including phenoxy) is 1. The molecule has 7 heteroatoms. The first-order valence-electron chi connectivity index (χ1n) is 10.1. The fourth-order valence-corrected chi connectivity index (χ4v) is 3.19. The Balaban J connectivity index is 1.71. The van der Waals surface area contributed by atoms with Crippen LogP contribution in [-0.2, 0) is 17.7 Å². The molecule has 0 bridgehead atoms. The average molecular weight is 381 g/mol. The van der Waals surface area contributed by atoms with Crippen molar-refractivity contribution in [1.82, 2.24) is 19.9 Å². The van der Waals surface area contributed by atoms with E-state index in [1.807, 2.05) is 27.8 Å². The van der Waals surface area contributed by atoms with Gasteiger partial charge in [-0.25, -0.2) is 4.79 Å². The van der Waals surface area contributed by atoms with Crippen LogP contribution >= 0.6 is 0 Å². The van der Waals surface area contributed by atoms with Crippen LogP contribution < -0.4 is 0 Å². The summed E-state index contributed by atoms with van der Waals surface area (Å²) in [6.45, 7) is 13.5. The summed E-state index contributed by atoms with van der Waals surface area (Å²) < 4.78 is 10.8. The van der Waals surface area contributed by atoms with Crippen LogP contribution in [0.25, 0.3) is 0 Å². The Hall–Kier alpha value is -1.63. The highest BCUT2D eigenvalue weighted by atomic mass is 16.6. The summed E-state index contributed by atoms with van der Waals surface area (Å²) in [5, 5.41) is 4.09. The highest BCUT2D eigenvalue weighted by Gasteiger charge is 2.25. The number of amides is 1. The van der Waals surface area contributed by atoms with Crippen LogP contribution in [0.5, 0.6) is 0 Å². The van der Waals surface area contributed by atoms with E-state index in [1.54, 1.807) is 4.90 Å². The van der Waals surface area contributed by atoms with E-state index < -0.39 is 5.60 Å². The van der Waals surface area contributed by atoms with Gasteiger partial charge in [-0.2, -0.15) is 4.98 Å². The Bertz CT molecular complexity index is 586. The van der Waals surface area contributed by atoms with Gasteiger partial charge in [0.05, 0.1) is 6.54 Å². The van der Waals surface area contributed by atoms with Crippen molar-refractivity contribution in [3.63, 3.8) is 0 Å². The number of carbonyl (C=O) groups excluding carboxylic acids is 1. The lowest BCUT2D eigenvalue weighted by Gasteiger charge is -2.33. The first kappa shape index (κ1) is 21.7. The minimum atomic E-state index is -0.452. The first-order valence-corrected chi connectivity index (χ1v) is 10.1. The highest BCUT2D eigenvalue weighted by Crippen LogP contribution is 2.20. The molecule has 0 unspecified atom stereocenters. The maximum atomic E-state index is 12.1. The van der Waals surface area contributed by atoms with Gasteiger partial charge in [0.15, 0.2) is 5.82 Å². The molecule has 154 valence electrons. The lowest BCUT2D eigenvalue weighted by molar-refractivity contribution is 0.0247. The van der Waals surface area contributed by atoms with E-state index in [9.17, 15) is 4.79 Å². The second-order valence-corrected chi connectivity index (χ2v) is 9.12. The highest BCUT2D eigenvalue weighted by molar-refractivity contribution is 5.67.